The SMILES string of the molecule is Cc1c(N)ccc(F)c1C(=O)Nc1nnnn1C. The fourth-order valence-corrected chi connectivity index (χ4v) is 1.47. The van der Waals surface area contributed by atoms with Gasteiger partial charge in [-0.3, -0.25) is 10.1 Å². The molecule has 0 fully saturated rings. The third-order valence-corrected chi connectivity index (χ3v) is 2.53. The zero-order valence-electron chi connectivity index (χ0n) is 9.81. The summed E-state index contributed by atoms with van der Waals surface area (Å²) in [5.41, 5.74) is 6.25. The summed E-state index contributed by atoms with van der Waals surface area (Å²) in [6.45, 7) is 1.57. The first-order valence-corrected chi connectivity index (χ1v) is 5.09. The molecule has 3 N–H and O–H groups in total. The van der Waals surface area contributed by atoms with Gasteiger partial charge in [-0.25, -0.2) is 9.07 Å². The summed E-state index contributed by atoms with van der Waals surface area (Å²) in [5, 5.41) is 12.9. The highest BCUT2D eigenvalue weighted by atomic mass is 19.1. The van der Waals surface area contributed by atoms with Gasteiger partial charge in [-0.05, 0) is 35.0 Å². The topological polar surface area (TPSA) is 98.7 Å². The average Bonchev–Trinajstić information content (AvgIpc) is 2.70. The summed E-state index contributed by atoms with van der Waals surface area (Å²) in [6.07, 6.45) is 0. The van der Waals surface area contributed by atoms with Crippen LogP contribution in [0.2, 0.25) is 0 Å². The van der Waals surface area contributed by atoms with Crippen LogP contribution in [-0.4, -0.2) is 26.1 Å². The van der Waals surface area contributed by atoms with Crippen molar-refractivity contribution in [2.45, 2.75) is 6.92 Å². The van der Waals surface area contributed by atoms with Crippen LogP contribution in [0, 0.1) is 12.7 Å². The highest BCUT2D eigenvalue weighted by Gasteiger charge is 2.18. The minimum Gasteiger partial charge on any atom is -0.398 e. The van der Waals surface area contributed by atoms with Crippen molar-refractivity contribution in [3.63, 3.8) is 0 Å². The summed E-state index contributed by atoms with van der Waals surface area (Å²) >= 11 is 0. The second-order valence-electron chi connectivity index (χ2n) is 3.72. The quantitative estimate of drug-likeness (QED) is 0.756. The lowest BCUT2D eigenvalue weighted by molar-refractivity contribution is 0.102. The average molecular weight is 250 g/mol. The Hall–Kier alpha value is -2.51. The van der Waals surface area contributed by atoms with Crippen LogP contribution in [-0.2, 0) is 7.05 Å². The summed E-state index contributed by atoms with van der Waals surface area (Å²) in [5.74, 6) is -1.16. The molecule has 1 amide bonds. The molecule has 0 aliphatic heterocycles. The van der Waals surface area contributed by atoms with Gasteiger partial charge in [0.25, 0.3) is 5.91 Å². The molecular formula is C10H11FN6O. The number of amides is 1. The van der Waals surface area contributed by atoms with Crippen LogP contribution in [0.5, 0.6) is 0 Å². The van der Waals surface area contributed by atoms with E-state index >= 15 is 0 Å². The minimum atomic E-state index is -0.644. The number of tetrazole rings is 1. The number of aromatic nitrogens is 4. The summed E-state index contributed by atoms with van der Waals surface area (Å²) in [4.78, 5) is 11.9. The van der Waals surface area contributed by atoms with Gasteiger partial charge in [0.2, 0.25) is 5.95 Å². The number of nitrogens with one attached hydrogen (secondary N) is 1. The first kappa shape index (κ1) is 12.0. The third-order valence-electron chi connectivity index (χ3n) is 2.53. The second-order valence-corrected chi connectivity index (χ2v) is 3.72. The van der Waals surface area contributed by atoms with Crippen molar-refractivity contribution < 1.29 is 9.18 Å². The number of aryl methyl sites for hydroxylation is 1. The Bertz CT molecular complexity index is 608. The van der Waals surface area contributed by atoms with Crippen molar-refractivity contribution in [1.29, 1.82) is 0 Å². The van der Waals surface area contributed by atoms with E-state index in [9.17, 15) is 9.18 Å². The molecule has 2 rings (SSSR count). The van der Waals surface area contributed by atoms with Gasteiger partial charge >= 0.3 is 0 Å². The molecule has 0 radical (unpaired) electrons. The molecule has 0 saturated carbocycles. The molecule has 1 heterocycles. The maximum absolute atomic E-state index is 13.6. The van der Waals surface area contributed by atoms with Crippen molar-refractivity contribution in [1.82, 2.24) is 20.2 Å². The highest BCUT2D eigenvalue weighted by molar-refractivity contribution is 6.05. The van der Waals surface area contributed by atoms with E-state index in [4.69, 9.17) is 5.73 Å². The van der Waals surface area contributed by atoms with Crippen molar-refractivity contribution >= 4 is 17.5 Å². The number of hydrogen-bond donors (Lipinski definition) is 2. The van der Waals surface area contributed by atoms with Crippen molar-refractivity contribution in [2.75, 3.05) is 11.1 Å². The van der Waals surface area contributed by atoms with Crippen molar-refractivity contribution in [2.24, 2.45) is 7.05 Å². The highest BCUT2D eigenvalue weighted by Crippen LogP contribution is 2.20. The molecule has 7 nitrogen and oxygen atoms in total. The van der Waals surface area contributed by atoms with E-state index in [1.165, 1.54) is 10.7 Å². The van der Waals surface area contributed by atoms with Gasteiger partial charge in [0.1, 0.15) is 5.82 Å². The third kappa shape index (κ3) is 1.99. The molecule has 0 unspecified atom stereocenters. The van der Waals surface area contributed by atoms with E-state index in [1.807, 2.05) is 0 Å². The molecule has 0 bridgehead atoms. The van der Waals surface area contributed by atoms with Crippen LogP contribution in [0.15, 0.2) is 12.1 Å². The standard InChI is InChI=1S/C10H11FN6O/c1-5-7(12)4-3-6(11)8(5)9(18)13-10-14-15-16-17(10)2/h3-4H,12H2,1-2H3,(H,13,14,16,18). The number of rotatable bonds is 2. The van der Waals surface area contributed by atoms with Crippen LogP contribution in [0.4, 0.5) is 16.0 Å². The normalized spacial score (nSPS) is 10.4. The molecule has 0 atom stereocenters. The van der Waals surface area contributed by atoms with Crippen LogP contribution in [0.3, 0.4) is 0 Å². The van der Waals surface area contributed by atoms with Crippen LogP contribution in [0.1, 0.15) is 15.9 Å². The summed E-state index contributed by atoms with van der Waals surface area (Å²) < 4.78 is 14.9. The Labute approximate surface area is 102 Å². The zero-order valence-corrected chi connectivity index (χ0v) is 9.81. The summed E-state index contributed by atoms with van der Waals surface area (Å²) in [7, 11) is 1.55. The van der Waals surface area contributed by atoms with Gasteiger partial charge in [0, 0.05) is 12.7 Å². The molecule has 0 spiro atoms. The Morgan fingerprint density at radius 2 is 2.22 bits per heavy atom. The smallest absolute Gasteiger partial charge is 0.261 e. The van der Waals surface area contributed by atoms with E-state index < -0.39 is 11.7 Å². The van der Waals surface area contributed by atoms with Gasteiger partial charge in [-0.15, -0.1) is 0 Å². The Morgan fingerprint density at radius 3 is 2.83 bits per heavy atom. The lowest BCUT2D eigenvalue weighted by atomic mass is 10.1. The van der Waals surface area contributed by atoms with Crippen LogP contribution >= 0.6 is 0 Å². The molecule has 18 heavy (non-hydrogen) atoms. The predicted octanol–water partition coefficient (Wildman–Crippen LogP) is 0.492. The number of benzene rings is 1. The lowest BCUT2D eigenvalue weighted by Gasteiger charge is -2.09. The number of nitrogens with two attached hydrogens (primary N) is 1. The van der Waals surface area contributed by atoms with E-state index in [-0.39, 0.29) is 11.5 Å². The van der Waals surface area contributed by atoms with Crippen molar-refractivity contribution in [3.8, 4) is 0 Å². The number of hydrogen-bond acceptors (Lipinski definition) is 5. The van der Waals surface area contributed by atoms with Gasteiger partial charge in [0.15, 0.2) is 0 Å². The fourth-order valence-electron chi connectivity index (χ4n) is 1.47. The molecule has 8 heteroatoms. The minimum absolute atomic E-state index is 0.113. The van der Waals surface area contributed by atoms with Crippen LogP contribution < -0.4 is 11.1 Å². The maximum Gasteiger partial charge on any atom is 0.261 e. The number of halogens is 1. The molecule has 0 aliphatic carbocycles. The lowest BCUT2D eigenvalue weighted by Crippen LogP contribution is -2.18. The maximum atomic E-state index is 13.6. The second kappa shape index (κ2) is 4.40. The predicted molar refractivity (Wildman–Crippen MR) is 62.3 cm³/mol. The number of nitrogen functional groups attached to an aromatic ring is 1. The number of nitrogens with zero attached hydrogens (tertiary/aromatic N) is 4. The largest absolute Gasteiger partial charge is 0.398 e. The summed E-state index contributed by atoms with van der Waals surface area (Å²) in [6, 6.07) is 2.55. The Balaban J connectivity index is 2.35. The van der Waals surface area contributed by atoms with Gasteiger partial charge in [-0.2, -0.15) is 0 Å². The van der Waals surface area contributed by atoms with E-state index in [0.717, 1.165) is 6.07 Å². The number of carbonyl (C=O) groups excluding carboxylic acids is 1. The first-order chi connectivity index (χ1) is 8.50. The van der Waals surface area contributed by atoms with Crippen molar-refractivity contribution in [3.05, 3.63) is 29.1 Å². The van der Waals surface area contributed by atoms with Gasteiger partial charge in [0.05, 0.1) is 5.56 Å². The van der Waals surface area contributed by atoms with Crippen LogP contribution in [0.25, 0.3) is 0 Å². The van der Waals surface area contributed by atoms with Gasteiger partial charge in [-0.1, -0.05) is 5.10 Å². The number of carbonyl (C=O) groups is 1. The molecule has 1 aromatic carbocycles. The number of anilines is 2. The monoisotopic (exact) mass is 250 g/mol. The molecule has 0 saturated heterocycles. The fraction of sp³-hybridized carbons (Fsp3) is 0.200. The Kier molecular flexibility index (Phi) is 2.92. The zero-order chi connectivity index (χ0) is 13.3. The Morgan fingerprint density at radius 1 is 1.50 bits per heavy atom. The van der Waals surface area contributed by atoms with Gasteiger partial charge < -0.3 is 5.73 Å². The van der Waals surface area contributed by atoms with E-state index in [2.05, 4.69) is 20.8 Å². The molecule has 94 valence electrons. The molecular weight excluding hydrogens is 239 g/mol. The molecule has 1 aromatic heterocycles. The molecule has 0 aliphatic rings. The first-order valence-electron chi connectivity index (χ1n) is 5.09. The molecule has 2 aromatic rings. The van der Waals surface area contributed by atoms with E-state index in [1.54, 1.807) is 14.0 Å². The van der Waals surface area contributed by atoms with E-state index in [0.29, 0.717) is 11.3 Å².